The van der Waals surface area contributed by atoms with Crippen LogP contribution < -0.4 is 10.6 Å². The first-order valence-electron chi connectivity index (χ1n) is 11.3. The maximum atomic E-state index is 12.5. The minimum Gasteiger partial charge on any atom is -0.383 e. The van der Waals surface area contributed by atoms with Crippen LogP contribution in [0.3, 0.4) is 0 Å². The molecule has 1 amide bonds. The van der Waals surface area contributed by atoms with Crippen LogP contribution in [0.1, 0.15) is 15.9 Å². The van der Waals surface area contributed by atoms with E-state index in [1.807, 2.05) is 60.7 Å². The number of fused-ring (bicyclic) bond motifs is 2. The number of hydrogen-bond acceptors (Lipinski definition) is 4. The molecule has 0 aliphatic rings. The monoisotopic (exact) mass is 463 g/mol. The van der Waals surface area contributed by atoms with Crippen LogP contribution >= 0.6 is 11.8 Å². The number of thioether (sulfide) groups is 1. The lowest BCUT2D eigenvalue weighted by Crippen LogP contribution is -2.28. The predicted molar refractivity (Wildman–Crippen MR) is 143 cm³/mol. The van der Waals surface area contributed by atoms with Gasteiger partial charge in [0.25, 0.3) is 5.91 Å². The highest BCUT2D eigenvalue weighted by Gasteiger charge is 2.06. The summed E-state index contributed by atoms with van der Waals surface area (Å²) in [6, 6.07) is 34.6. The summed E-state index contributed by atoms with van der Waals surface area (Å²) < 4.78 is 0. The summed E-state index contributed by atoms with van der Waals surface area (Å²) >= 11 is 1.70. The lowest BCUT2D eigenvalue weighted by molar-refractivity contribution is 0.0955. The second-order valence-electron chi connectivity index (χ2n) is 8.04. The molecular formula is C29H25N3OS. The summed E-state index contributed by atoms with van der Waals surface area (Å²) in [6.07, 6.45) is 0. The number of carbonyl (C=O) groups is 1. The summed E-state index contributed by atoms with van der Waals surface area (Å²) in [5.41, 5.74) is 3.92. The Bertz CT molecular complexity index is 1430. The predicted octanol–water partition coefficient (Wildman–Crippen LogP) is 6.52. The van der Waals surface area contributed by atoms with E-state index in [1.54, 1.807) is 11.8 Å². The molecule has 0 radical (unpaired) electrons. The second kappa shape index (κ2) is 10.4. The number of nitrogens with zero attached hydrogens (tertiary/aromatic N) is 1. The molecule has 0 spiro atoms. The van der Waals surface area contributed by atoms with Crippen molar-refractivity contribution in [3.8, 4) is 0 Å². The fourth-order valence-electron chi connectivity index (χ4n) is 3.89. The number of para-hydroxylation sites is 1. The van der Waals surface area contributed by atoms with Gasteiger partial charge in [0, 0.05) is 40.9 Å². The molecule has 0 aliphatic carbocycles. The molecule has 0 saturated heterocycles. The van der Waals surface area contributed by atoms with Gasteiger partial charge in [-0.05, 0) is 41.3 Å². The van der Waals surface area contributed by atoms with E-state index < -0.39 is 0 Å². The minimum absolute atomic E-state index is 0.0601. The Hall–Kier alpha value is -3.83. The van der Waals surface area contributed by atoms with Crippen LogP contribution in [0.4, 0.5) is 5.69 Å². The van der Waals surface area contributed by atoms with Crippen LogP contribution in [-0.4, -0.2) is 24.0 Å². The number of anilines is 1. The van der Waals surface area contributed by atoms with Crippen LogP contribution in [0.25, 0.3) is 21.7 Å². The zero-order valence-electron chi connectivity index (χ0n) is 18.7. The van der Waals surface area contributed by atoms with Crippen molar-refractivity contribution in [2.24, 2.45) is 0 Å². The molecule has 4 aromatic carbocycles. The van der Waals surface area contributed by atoms with Crippen LogP contribution in [0.2, 0.25) is 0 Å². The van der Waals surface area contributed by atoms with E-state index in [4.69, 9.17) is 4.98 Å². The van der Waals surface area contributed by atoms with Crippen molar-refractivity contribution in [2.45, 2.75) is 10.8 Å². The van der Waals surface area contributed by atoms with Crippen molar-refractivity contribution in [3.05, 3.63) is 114 Å². The first kappa shape index (κ1) is 22.0. The highest BCUT2D eigenvalue weighted by atomic mass is 32.2. The SMILES string of the molecule is O=C(NCCNc1cccc2ccccc12)c1ccc(CSc2ccc3ccccc3n2)cc1. The Kier molecular flexibility index (Phi) is 6.73. The van der Waals surface area contributed by atoms with E-state index in [1.165, 1.54) is 10.8 Å². The third-order valence-electron chi connectivity index (χ3n) is 5.69. The number of pyridine rings is 1. The van der Waals surface area contributed by atoms with Gasteiger partial charge < -0.3 is 10.6 Å². The number of rotatable bonds is 8. The minimum atomic E-state index is -0.0601. The van der Waals surface area contributed by atoms with Gasteiger partial charge >= 0.3 is 0 Å². The topological polar surface area (TPSA) is 54.0 Å². The van der Waals surface area contributed by atoms with Crippen molar-refractivity contribution in [2.75, 3.05) is 18.4 Å². The van der Waals surface area contributed by atoms with Gasteiger partial charge in [0.2, 0.25) is 0 Å². The molecule has 5 aromatic rings. The van der Waals surface area contributed by atoms with Gasteiger partial charge in [-0.1, -0.05) is 72.8 Å². The molecule has 34 heavy (non-hydrogen) atoms. The standard InChI is InChI=1S/C29H25N3OS/c33-29(31-19-18-30-27-11-5-8-22-6-1-3-9-25(22)27)24-14-12-21(13-15-24)20-34-28-17-16-23-7-2-4-10-26(23)32-28/h1-17,30H,18-20H2,(H,31,33). The van der Waals surface area contributed by atoms with Crippen molar-refractivity contribution >= 4 is 45.0 Å². The normalized spacial score (nSPS) is 10.9. The Morgan fingerprint density at radius 1 is 0.735 bits per heavy atom. The lowest BCUT2D eigenvalue weighted by Gasteiger charge is -2.11. The third-order valence-corrected chi connectivity index (χ3v) is 6.69. The molecule has 5 heteroatoms. The van der Waals surface area contributed by atoms with E-state index >= 15 is 0 Å². The van der Waals surface area contributed by atoms with Crippen molar-refractivity contribution in [1.29, 1.82) is 0 Å². The van der Waals surface area contributed by atoms with E-state index in [-0.39, 0.29) is 5.91 Å². The molecule has 2 N–H and O–H groups in total. The maximum absolute atomic E-state index is 12.5. The molecule has 168 valence electrons. The number of carbonyl (C=O) groups excluding carboxylic acids is 1. The average Bonchev–Trinajstić information content (AvgIpc) is 2.90. The summed E-state index contributed by atoms with van der Waals surface area (Å²) in [6.45, 7) is 1.21. The van der Waals surface area contributed by atoms with Crippen molar-refractivity contribution < 1.29 is 4.79 Å². The fourth-order valence-corrected chi connectivity index (χ4v) is 4.73. The zero-order chi connectivity index (χ0) is 23.2. The summed E-state index contributed by atoms with van der Waals surface area (Å²) in [4.78, 5) is 17.2. The Balaban J connectivity index is 1.11. The fraction of sp³-hybridized carbons (Fsp3) is 0.103. The number of hydrogen-bond donors (Lipinski definition) is 2. The highest BCUT2D eigenvalue weighted by molar-refractivity contribution is 7.98. The quantitative estimate of drug-likeness (QED) is 0.203. The molecule has 0 unspecified atom stereocenters. The van der Waals surface area contributed by atoms with Crippen molar-refractivity contribution in [1.82, 2.24) is 10.3 Å². The molecule has 0 fully saturated rings. The van der Waals surface area contributed by atoms with Crippen LogP contribution in [0.15, 0.2) is 108 Å². The molecule has 1 aromatic heterocycles. The van der Waals surface area contributed by atoms with Gasteiger partial charge in [0.05, 0.1) is 10.5 Å². The van der Waals surface area contributed by atoms with Crippen LogP contribution in [0.5, 0.6) is 0 Å². The first-order chi connectivity index (χ1) is 16.8. The van der Waals surface area contributed by atoms with Gasteiger partial charge in [-0.2, -0.15) is 0 Å². The largest absolute Gasteiger partial charge is 0.383 e. The first-order valence-corrected chi connectivity index (χ1v) is 12.3. The molecule has 4 nitrogen and oxygen atoms in total. The van der Waals surface area contributed by atoms with Gasteiger partial charge in [-0.25, -0.2) is 4.98 Å². The molecule has 0 bridgehead atoms. The van der Waals surface area contributed by atoms with Gasteiger partial charge in [0.1, 0.15) is 0 Å². The van der Waals surface area contributed by atoms with Crippen molar-refractivity contribution in [3.63, 3.8) is 0 Å². The number of benzene rings is 4. The lowest BCUT2D eigenvalue weighted by atomic mass is 10.1. The second-order valence-corrected chi connectivity index (χ2v) is 9.03. The van der Waals surface area contributed by atoms with E-state index in [0.717, 1.165) is 32.9 Å². The third kappa shape index (κ3) is 5.21. The molecular weight excluding hydrogens is 438 g/mol. The number of amides is 1. The van der Waals surface area contributed by atoms with E-state index in [2.05, 4.69) is 53.1 Å². The molecule has 1 heterocycles. The zero-order valence-corrected chi connectivity index (χ0v) is 19.5. The summed E-state index contributed by atoms with van der Waals surface area (Å²) in [7, 11) is 0. The summed E-state index contributed by atoms with van der Waals surface area (Å²) in [5, 5.41) is 10.9. The van der Waals surface area contributed by atoms with Crippen LogP contribution in [-0.2, 0) is 5.75 Å². The highest BCUT2D eigenvalue weighted by Crippen LogP contribution is 2.24. The molecule has 0 aliphatic heterocycles. The average molecular weight is 464 g/mol. The molecule has 5 rings (SSSR count). The summed E-state index contributed by atoms with van der Waals surface area (Å²) in [5.74, 6) is 0.748. The van der Waals surface area contributed by atoms with Crippen LogP contribution in [0, 0.1) is 0 Å². The van der Waals surface area contributed by atoms with E-state index in [0.29, 0.717) is 18.7 Å². The maximum Gasteiger partial charge on any atom is 0.251 e. The smallest absolute Gasteiger partial charge is 0.251 e. The molecule has 0 saturated carbocycles. The Labute approximate surface area is 203 Å². The number of aromatic nitrogens is 1. The Morgan fingerprint density at radius 3 is 2.38 bits per heavy atom. The number of nitrogens with one attached hydrogen (secondary N) is 2. The Morgan fingerprint density at radius 2 is 1.50 bits per heavy atom. The van der Waals surface area contributed by atoms with Gasteiger partial charge in [-0.3, -0.25) is 4.79 Å². The molecule has 0 atom stereocenters. The van der Waals surface area contributed by atoms with E-state index in [9.17, 15) is 4.79 Å². The van der Waals surface area contributed by atoms with Gasteiger partial charge in [0.15, 0.2) is 0 Å². The van der Waals surface area contributed by atoms with Gasteiger partial charge in [-0.15, -0.1) is 11.8 Å².